The summed E-state index contributed by atoms with van der Waals surface area (Å²) in [5.41, 5.74) is 2.66. The zero-order chi connectivity index (χ0) is 19.7. The summed E-state index contributed by atoms with van der Waals surface area (Å²) in [5.74, 6) is -1.84. The number of azo groups is 2. The molecule has 2 aliphatic rings. The summed E-state index contributed by atoms with van der Waals surface area (Å²) in [6.07, 6.45) is -0.627. The highest BCUT2D eigenvalue weighted by atomic mass is 16.2. The van der Waals surface area contributed by atoms with Crippen LogP contribution in [-0.4, -0.2) is 53.2 Å². The molecule has 0 aromatic heterocycles. The summed E-state index contributed by atoms with van der Waals surface area (Å²) in [7, 11) is 0. The van der Waals surface area contributed by atoms with Crippen LogP contribution >= 0.6 is 0 Å². The van der Waals surface area contributed by atoms with Gasteiger partial charge in [-0.2, -0.15) is 0 Å². The van der Waals surface area contributed by atoms with E-state index >= 15 is 0 Å². The summed E-state index contributed by atoms with van der Waals surface area (Å²) in [5, 5.41) is 7.09. The molecule has 1 saturated heterocycles. The van der Waals surface area contributed by atoms with Gasteiger partial charge >= 0.3 is 11.8 Å². The molecule has 3 amide bonds. The summed E-state index contributed by atoms with van der Waals surface area (Å²) in [6, 6.07) is 16.8. The Morgan fingerprint density at radius 1 is 1.07 bits per heavy atom. The molecule has 4 rings (SSSR count). The monoisotopic (exact) mass is 378 g/mol. The number of aryl methyl sites for hydroxylation is 1. The number of carbonyl (C=O) groups excluding carboxylic acids is 3. The maximum Gasteiger partial charge on any atom is 0.502 e. The van der Waals surface area contributed by atoms with Gasteiger partial charge in [0, 0.05) is 29.6 Å². The van der Waals surface area contributed by atoms with Crippen molar-refractivity contribution in [1.82, 2.24) is 4.90 Å². The molecule has 142 valence electrons. The van der Waals surface area contributed by atoms with E-state index in [9.17, 15) is 14.4 Å². The van der Waals surface area contributed by atoms with Crippen molar-refractivity contribution in [3.63, 3.8) is 0 Å². The second-order valence-electron chi connectivity index (χ2n) is 6.77. The number of carbonyl (C=O) groups is 3. The normalized spacial score (nSPS) is 18.8. The van der Waals surface area contributed by atoms with Gasteiger partial charge in [-0.05, 0) is 35.9 Å². The molecule has 1 N–H and O–H groups in total. The van der Waals surface area contributed by atoms with Crippen LogP contribution in [0.5, 0.6) is 0 Å². The minimum Gasteiger partial charge on any atom is -0.326 e. The van der Waals surface area contributed by atoms with Crippen LogP contribution in [0.3, 0.4) is 0 Å². The molecule has 2 aliphatic heterocycles. The van der Waals surface area contributed by atoms with E-state index in [1.807, 2.05) is 42.2 Å². The van der Waals surface area contributed by atoms with Crippen LogP contribution in [0, 0.1) is 6.92 Å². The highest BCUT2D eigenvalue weighted by Gasteiger charge is 2.49. The molecule has 2 aromatic rings. The quantitative estimate of drug-likeness (QED) is 0.647. The molecule has 0 spiro atoms. The van der Waals surface area contributed by atoms with E-state index in [0.29, 0.717) is 18.8 Å². The van der Waals surface area contributed by atoms with Crippen molar-refractivity contribution in [2.45, 2.75) is 13.2 Å². The third kappa shape index (κ3) is 3.36. The van der Waals surface area contributed by atoms with Crippen molar-refractivity contribution < 1.29 is 19.1 Å². The van der Waals surface area contributed by atoms with Gasteiger partial charge in [-0.1, -0.05) is 35.9 Å². The summed E-state index contributed by atoms with van der Waals surface area (Å²) in [4.78, 5) is 40.6. The Bertz CT molecular complexity index is 956. The van der Waals surface area contributed by atoms with Crippen molar-refractivity contribution in [3.05, 3.63) is 60.2 Å². The third-order valence-electron chi connectivity index (χ3n) is 4.78. The lowest BCUT2D eigenvalue weighted by Gasteiger charge is -2.27. The SMILES string of the molecule is Cc1ccc(N2CCN3C(=O)C(=O)[N+](CC(=O)Nc4ccccc4)=NC32)cc1. The number of amides is 3. The van der Waals surface area contributed by atoms with Crippen molar-refractivity contribution in [2.24, 2.45) is 5.11 Å². The zero-order valence-corrected chi connectivity index (χ0v) is 15.4. The van der Waals surface area contributed by atoms with Gasteiger partial charge in [-0.15, -0.1) is 0 Å². The topological polar surface area (TPSA) is 85.1 Å². The van der Waals surface area contributed by atoms with Crippen LogP contribution in [0.1, 0.15) is 5.56 Å². The Morgan fingerprint density at radius 3 is 2.46 bits per heavy atom. The van der Waals surface area contributed by atoms with Gasteiger partial charge in [0.2, 0.25) is 0 Å². The summed E-state index contributed by atoms with van der Waals surface area (Å²) < 4.78 is 0.967. The fourth-order valence-electron chi connectivity index (χ4n) is 3.33. The molecule has 0 radical (unpaired) electrons. The van der Waals surface area contributed by atoms with E-state index < -0.39 is 24.0 Å². The number of hydrogen-bond acceptors (Lipinski definition) is 5. The number of nitrogens with one attached hydrogen (secondary N) is 1. The van der Waals surface area contributed by atoms with Crippen molar-refractivity contribution in [1.29, 1.82) is 0 Å². The van der Waals surface area contributed by atoms with Crippen molar-refractivity contribution >= 4 is 29.1 Å². The largest absolute Gasteiger partial charge is 0.502 e. The Morgan fingerprint density at radius 2 is 1.75 bits per heavy atom. The van der Waals surface area contributed by atoms with Crippen LogP contribution in [-0.2, 0) is 14.4 Å². The molecule has 0 saturated carbocycles. The molecule has 1 unspecified atom stereocenters. The van der Waals surface area contributed by atoms with Crippen molar-refractivity contribution in [3.8, 4) is 0 Å². The maximum absolute atomic E-state index is 12.5. The highest BCUT2D eigenvalue weighted by Crippen LogP contribution is 2.27. The van der Waals surface area contributed by atoms with E-state index in [1.54, 1.807) is 24.3 Å². The Balaban J connectivity index is 1.56. The van der Waals surface area contributed by atoms with Crippen LogP contribution in [0.15, 0.2) is 59.7 Å². The Hall–Kier alpha value is -3.55. The standard InChI is InChI=1S/C20H19N5O3/c1-14-7-9-16(10-8-14)23-11-12-24-18(27)19(28)25(22-20(23)24)13-17(26)21-15-5-3-2-4-6-15/h2-10,20H,11-13H2,1H3/p+1. The molecule has 0 aliphatic carbocycles. The lowest BCUT2D eigenvalue weighted by atomic mass is 10.2. The average Bonchev–Trinajstić information content (AvgIpc) is 3.11. The predicted octanol–water partition coefficient (Wildman–Crippen LogP) is 1.57. The van der Waals surface area contributed by atoms with E-state index in [1.165, 1.54) is 4.90 Å². The summed E-state index contributed by atoms with van der Waals surface area (Å²) in [6.45, 7) is 2.67. The van der Waals surface area contributed by atoms with E-state index in [4.69, 9.17) is 0 Å². The predicted molar refractivity (Wildman–Crippen MR) is 102 cm³/mol. The molecular weight excluding hydrogens is 358 g/mol. The zero-order valence-electron chi connectivity index (χ0n) is 15.4. The second kappa shape index (κ2) is 7.22. The molecule has 0 bridgehead atoms. The van der Waals surface area contributed by atoms with Crippen molar-refractivity contribution in [2.75, 3.05) is 29.9 Å². The highest BCUT2D eigenvalue weighted by molar-refractivity contribution is 6.32. The first-order chi connectivity index (χ1) is 13.5. The molecule has 1 fully saturated rings. The third-order valence-corrected chi connectivity index (χ3v) is 4.78. The molecule has 1 atom stereocenters. The molecule has 8 nitrogen and oxygen atoms in total. The van der Waals surface area contributed by atoms with Gasteiger partial charge in [0.05, 0.1) is 0 Å². The fraction of sp³-hybridized carbons (Fsp3) is 0.250. The van der Waals surface area contributed by atoms with E-state index in [2.05, 4.69) is 10.4 Å². The number of rotatable bonds is 4. The molecule has 2 aromatic carbocycles. The first-order valence-corrected chi connectivity index (χ1v) is 9.04. The average molecular weight is 378 g/mol. The fourth-order valence-corrected chi connectivity index (χ4v) is 3.33. The smallest absolute Gasteiger partial charge is 0.326 e. The number of hydrogen-bond donors (Lipinski definition) is 1. The first kappa shape index (κ1) is 17.8. The lowest BCUT2D eigenvalue weighted by molar-refractivity contribution is -0.509. The molecule has 2 heterocycles. The Labute approximate surface area is 162 Å². The van der Waals surface area contributed by atoms with E-state index in [0.717, 1.165) is 15.9 Å². The molecular formula is C20H20N5O3+. The summed E-state index contributed by atoms with van der Waals surface area (Å²) >= 11 is 0. The number of nitrogens with zero attached hydrogens (tertiary/aromatic N) is 4. The van der Waals surface area contributed by atoms with Gasteiger partial charge < -0.3 is 10.2 Å². The number of anilines is 2. The van der Waals surface area contributed by atoms with Gasteiger partial charge in [-0.25, -0.2) is 4.79 Å². The van der Waals surface area contributed by atoms with Gasteiger partial charge in [0.1, 0.15) is 0 Å². The second-order valence-corrected chi connectivity index (χ2v) is 6.77. The van der Waals surface area contributed by atoms with Gasteiger partial charge in [0.25, 0.3) is 18.7 Å². The lowest BCUT2D eigenvalue weighted by Crippen LogP contribution is -2.52. The molecule has 28 heavy (non-hydrogen) atoms. The van der Waals surface area contributed by atoms with Gasteiger partial charge in [0.15, 0.2) is 0 Å². The first-order valence-electron chi connectivity index (χ1n) is 9.04. The minimum atomic E-state index is -0.787. The Kier molecular flexibility index (Phi) is 4.60. The number of fused-ring (bicyclic) bond motifs is 1. The van der Waals surface area contributed by atoms with Crippen LogP contribution in [0.25, 0.3) is 0 Å². The minimum absolute atomic E-state index is 0.314. The maximum atomic E-state index is 12.5. The molecule has 8 heteroatoms. The van der Waals surface area contributed by atoms with E-state index in [-0.39, 0.29) is 6.54 Å². The van der Waals surface area contributed by atoms with Crippen LogP contribution in [0.4, 0.5) is 11.4 Å². The number of para-hydroxylation sites is 1. The van der Waals surface area contributed by atoms with Crippen LogP contribution < -0.4 is 10.2 Å². The van der Waals surface area contributed by atoms with Crippen LogP contribution in [0.2, 0.25) is 0 Å². The van der Waals surface area contributed by atoms with Gasteiger partial charge in [-0.3, -0.25) is 14.5 Å². The number of benzene rings is 2.